The molecule has 0 saturated carbocycles. The molecule has 0 saturated heterocycles. The third-order valence-electron chi connectivity index (χ3n) is 6.05. The average molecular weight is 601 g/mol. The lowest BCUT2D eigenvalue weighted by Gasteiger charge is -2.16. The number of esters is 2. The van der Waals surface area contributed by atoms with Gasteiger partial charge in [0.25, 0.3) is 0 Å². The molecule has 0 bridgehead atoms. The molecule has 230 valence electrons. The first kappa shape index (κ1) is 38.1. The molecule has 10 heteroatoms. The summed E-state index contributed by atoms with van der Waals surface area (Å²) in [5.41, 5.74) is 0. The van der Waals surface area contributed by atoms with Gasteiger partial charge in [-0.05, 0) is 38.5 Å². The predicted molar refractivity (Wildman–Crippen MR) is 167 cm³/mol. The number of amides is 2. The molecular weight excluding hydrogens is 548 g/mol. The van der Waals surface area contributed by atoms with Crippen molar-refractivity contribution in [2.45, 2.75) is 116 Å². The molecule has 0 aliphatic heterocycles. The highest BCUT2D eigenvalue weighted by atomic mass is 33.1. The van der Waals surface area contributed by atoms with Gasteiger partial charge in [0.2, 0.25) is 11.8 Å². The summed E-state index contributed by atoms with van der Waals surface area (Å²) in [6.07, 6.45) is 21.8. The van der Waals surface area contributed by atoms with Crippen LogP contribution in [0.15, 0.2) is 24.3 Å². The Balaban J connectivity index is 4.22. The minimum Gasteiger partial charge on any atom is -0.469 e. The van der Waals surface area contributed by atoms with E-state index in [0.29, 0.717) is 12.8 Å². The summed E-state index contributed by atoms with van der Waals surface area (Å²) in [6.45, 7) is 3.07. The summed E-state index contributed by atoms with van der Waals surface area (Å²) in [6, 6.07) is -0.0603. The summed E-state index contributed by atoms with van der Waals surface area (Å²) in [5.74, 6) is 1.12. The third kappa shape index (κ3) is 26.3. The molecule has 0 fully saturated rings. The summed E-state index contributed by atoms with van der Waals surface area (Å²) in [7, 11) is 6.23. The van der Waals surface area contributed by atoms with E-state index in [0.717, 1.165) is 88.6 Å². The molecular formula is C30H52N2O6S2. The molecule has 2 N–H and O–H groups in total. The van der Waals surface area contributed by atoms with Crippen LogP contribution in [0.5, 0.6) is 0 Å². The molecule has 2 unspecified atom stereocenters. The lowest BCUT2D eigenvalue weighted by Crippen LogP contribution is -2.34. The molecule has 0 spiro atoms. The van der Waals surface area contributed by atoms with Crippen LogP contribution in [-0.2, 0) is 28.7 Å². The van der Waals surface area contributed by atoms with Crippen molar-refractivity contribution in [1.82, 2.24) is 10.6 Å². The number of hydrogen-bond donors (Lipinski definition) is 2. The molecule has 40 heavy (non-hydrogen) atoms. The van der Waals surface area contributed by atoms with E-state index in [2.05, 4.69) is 44.4 Å². The van der Waals surface area contributed by atoms with Crippen LogP contribution in [0.25, 0.3) is 0 Å². The number of methoxy groups -OCH3 is 2. The lowest BCUT2D eigenvalue weighted by molar-refractivity contribution is -0.141. The van der Waals surface area contributed by atoms with Gasteiger partial charge in [-0.15, -0.1) is 0 Å². The number of unbranched alkanes of at least 4 members (excludes halogenated alkanes) is 10. The second-order valence-corrected chi connectivity index (χ2v) is 12.4. The maximum Gasteiger partial charge on any atom is 0.305 e. The van der Waals surface area contributed by atoms with Gasteiger partial charge in [-0.25, -0.2) is 0 Å². The van der Waals surface area contributed by atoms with Crippen molar-refractivity contribution in [1.29, 1.82) is 0 Å². The Morgan fingerprint density at radius 1 is 0.600 bits per heavy atom. The molecule has 0 aromatic carbocycles. The van der Waals surface area contributed by atoms with Crippen molar-refractivity contribution in [3.8, 4) is 0 Å². The lowest BCUT2D eigenvalue weighted by atomic mass is 10.1. The average Bonchev–Trinajstić information content (AvgIpc) is 2.91. The van der Waals surface area contributed by atoms with Crippen LogP contribution in [0, 0.1) is 0 Å². The van der Waals surface area contributed by atoms with Gasteiger partial charge in [0, 0.05) is 38.2 Å². The highest BCUT2D eigenvalue weighted by molar-refractivity contribution is 8.76. The van der Waals surface area contributed by atoms with Gasteiger partial charge in [-0.3, -0.25) is 19.2 Å². The molecule has 2 amide bonds. The van der Waals surface area contributed by atoms with Crippen molar-refractivity contribution >= 4 is 45.3 Å². The largest absolute Gasteiger partial charge is 0.469 e. The van der Waals surface area contributed by atoms with E-state index >= 15 is 0 Å². The normalized spacial score (nSPS) is 12.8. The first-order valence-corrected chi connectivity index (χ1v) is 17.0. The van der Waals surface area contributed by atoms with E-state index in [-0.39, 0.29) is 35.8 Å². The van der Waals surface area contributed by atoms with Gasteiger partial charge in [0.15, 0.2) is 0 Å². The first-order chi connectivity index (χ1) is 19.3. The number of ether oxygens (including phenoxy) is 2. The molecule has 0 aliphatic rings. The van der Waals surface area contributed by atoms with E-state index in [4.69, 9.17) is 0 Å². The van der Waals surface area contributed by atoms with Crippen molar-refractivity contribution in [2.24, 2.45) is 0 Å². The van der Waals surface area contributed by atoms with Crippen molar-refractivity contribution in [3.63, 3.8) is 0 Å². The first-order valence-electron chi connectivity index (χ1n) is 14.5. The van der Waals surface area contributed by atoms with Gasteiger partial charge in [-0.1, -0.05) is 84.4 Å². The Hall–Kier alpha value is -1.94. The van der Waals surface area contributed by atoms with Crippen molar-refractivity contribution < 1.29 is 28.7 Å². The maximum absolute atomic E-state index is 11.6. The Morgan fingerprint density at radius 2 is 0.950 bits per heavy atom. The highest BCUT2D eigenvalue weighted by Gasteiger charge is 2.10. The molecule has 0 rings (SSSR count). The number of rotatable bonds is 25. The summed E-state index contributed by atoms with van der Waals surface area (Å²) < 4.78 is 9.31. The summed E-state index contributed by atoms with van der Waals surface area (Å²) in [4.78, 5) is 45.5. The van der Waals surface area contributed by atoms with Gasteiger partial charge >= 0.3 is 11.9 Å². The zero-order valence-electron chi connectivity index (χ0n) is 25.0. The minimum absolute atomic E-state index is 0.0302. The number of carbonyl (C=O) groups is 4. The molecule has 0 aromatic heterocycles. The third-order valence-corrected chi connectivity index (χ3v) is 8.52. The zero-order chi connectivity index (χ0) is 29.8. The van der Waals surface area contributed by atoms with Crippen LogP contribution in [0.3, 0.4) is 0 Å². The standard InChI is InChI=1S/C30H52N2O6S2/c1-25(33)31-27(19-15-11-7-5-9-13-17-21-29(35)37-3)23-39-40-24-28(32-26(2)34)20-16-12-8-6-10-14-18-22-30(36)38-4/h15-16,19-20,27-28H,5-14,17-18,21-24H2,1-4H3,(H,31,33)(H,32,34)/b19-15+,20-16+. The monoisotopic (exact) mass is 600 g/mol. The second-order valence-electron chi connectivity index (χ2n) is 9.80. The zero-order valence-corrected chi connectivity index (χ0v) is 26.7. The van der Waals surface area contributed by atoms with Gasteiger partial charge in [-0.2, -0.15) is 0 Å². The fraction of sp³-hybridized carbons (Fsp3) is 0.733. The number of nitrogens with one attached hydrogen (secondary N) is 2. The van der Waals surface area contributed by atoms with Crippen LogP contribution in [-0.4, -0.2) is 61.6 Å². The van der Waals surface area contributed by atoms with E-state index in [9.17, 15) is 19.2 Å². The quantitative estimate of drug-likeness (QED) is 0.0544. The number of allylic oxidation sites excluding steroid dienone is 2. The molecule has 0 aliphatic carbocycles. The van der Waals surface area contributed by atoms with E-state index in [1.807, 2.05) is 0 Å². The van der Waals surface area contributed by atoms with Crippen LogP contribution >= 0.6 is 21.6 Å². The molecule has 8 nitrogen and oxygen atoms in total. The highest BCUT2D eigenvalue weighted by Crippen LogP contribution is 2.24. The van der Waals surface area contributed by atoms with Crippen LogP contribution in [0.2, 0.25) is 0 Å². The summed E-state index contributed by atoms with van der Waals surface area (Å²) >= 11 is 0. The van der Waals surface area contributed by atoms with E-state index < -0.39 is 0 Å². The number of hydrogen-bond acceptors (Lipinski definition) is 8. The Labute approximate surface area is 250 Å². The molecule has 2 atom stereocenters. The van der Waals surface area contributed by atoms with Gasteiger partial charge < -0.3 is 20.1 Å². The van der Waals surface area contributed by atoms with Crippen LogP contribution in [0.1, 0.15) is 104 Å². The van der Waals surface area contributed by atoms with Gasteiger partial charge in [0.05, 0.1) is 26.3 Å². The Morgan fingerprint density at radius 3 is 1.30 bits per heavy atom. The Bertz CT molecular complexity index is 698. The van der Waals surface area contributed by atoms with Crippen LogP contribution < -0.4 is 10.6 Å². The van der Waals surface area contributed by atoms with Gasteiger partial charge in [0.1, 0.15) is 0 Å². The van der Waals surface area contributed by atoms with E-state index in [1.165, 1.54) is 28.1 Å². The van der Waals surface area contributed by atoms with Crippen LogP contribution in [0.4, 0.5) is 0 Å². The Kier molecular flexibility index (Phi) is 25.9. The summed E-state index contributed by atoms with van der Waals surface area (Å²) in [5, 5.41) is 6.00. The molecule has 0 radical (unpaired) electrons. The van der Waals surface area contributed by atoms with E-state index in [1.54, 1.807) is 21.6 Å². The maximum atomic E-state index is 11.6. The minimum atomic E-state index is -0.141. The second kappa shape index (κ2) is 27.2. The predicted octanol–water partition coefficient (Wildman–Crippen LogP) is 6.30. The van der Waals surface area contributed by atoms with Crippen molar-refractivity contribution in [3.05, 3.63) is 24.3 Å². The molecule has 0 heterocycles. The SMILES string of the molecule is COC(=O)CCCCCCC/C=C/C(CSSCC(/C=C/CCCCCCCC(=O)OC)NC(C)=O)NC(C)=O. The fourth-order valence-electron chi connectivity index (χ4n) is 3.90. The smallest absolute Gasteiger partial charge is 0.305 e. The fourth-order valence-corrected chi connectivity index (χ4v) is 6.24. The van der Waals surface area contributed by atoms with Crippen molar-refractivity contribution in [2.75, 3.05) is 25.7 Å². The number of carbonyl (C=O) groups excluding carboxylic acids is 4. The topological polar surface area (TPSA) is 111 Å². The molecule has 0 aromatic rings.